The fourth-order valence-corrected chi connectivity index (χ4v) is 2.74. The number of amides is 1. The molecule has 1 amide bonds. The van der Waals surface area contributed by atoms with Crippen molar-refractivity contribution in [2.75, 3.05) is 0 Å². The van der Waals surface area contributed by atoms with Crippen LogP contribution < -0.4 is 5.32 Å². The largest absolute Gasteiger partial charge is 0.349 e. The van der Waals surface area contributed by atoms with E-state index in [1.807, 2.05) is 68.4 Å². The van der Waals surface area contributed by atoms with Crippen LogP contribution in [0.4, 0.5) is 0 Å². The van der Waals surface area contributed by atoms with Gasteiger partial charge in [-0.15, -0.1) is 0 Å². The van der Waals surface area contributed by atoms with Gasteiger partial charge in [-0.1, -0.05) is 54.1 Å². The SMILES string of the molecule is CC(C)N[11C](=O)c1cc2ccccc2c(-c2ccccc2Cl)n1. The molecular weight excluding hydrogens is 307 g/mol. The highest BCUT2D eigenvalue weighted by Gasteiger charge is 2.15. The molecule has 23 heavy (non-hydrogen) atoms. The molecule has 0 radical (unpaired) electrons. The van der Waals surface area contributed by atoms with E-state index in [9.17, 15) is 4.79 Å². The lowest BCUT2D eigenvalue weighted by Crippen LogP contribution is -2.30. The van der Waals surface area contributed by atoms with E-state index in [2.05, 4.69) is 10.3 Å². The average Bonchev–Trinajstić information content (AvgIpc) is 2.54. The Morgan fingerprint density at radius 1 is 1.09 bits per heavy atom. The number of benzene rings is 2. The molecular formula is C19H17ClN2O. The number of fused-ring (bicyclic) bond motifs is 1. The molecule has 0 aliphatic heterocycles. The van der Waals surface area contributed by atoms with Crippen LogP contribution in [0.2, 0.25) is 5.02 Å². The maximum Gasteiger partial charge on any atom is 0.270 e. The molecule has 1 heterocycles. The summed E-state index contributed by atoms with van der Waals surface area (Å²) in [7, 11) is 0. The Morgan fingerprint density at radius 3 is 2.52 bits per heavy atom. The van der Waals surface area contributed by atoms with Gasteiger partial charge in [0, 0.05) is 22.0 Å². The van der Waals surface area contributed by atoms with Gasteiger partial charge in [-0.2, -0.15) is 0 Å². The van der Waals surface area contributed by atoms with E-state index in [1.54, 1.807) is 0 Å². The van der Waals surface area contributed by atoms with Crippen molar-refractivity contribution >= 4 is 28.3 Å². The van der Waals surface area contributed by atoms with Crippen LogP contribution in [0, 0.1) is 0 Å². The van der Waals surface area contributed by atoms with E-state index in [0.29, 0.717) is 10.7 Å². The van der Waals surface area contributed by atoms with Gasteiger partial charge in [-0.05, 0) is 31.4 Å². The van der Waals surface area contributed by atoms with Gasteiger partial charge < -0.3 is 5.32 Å². The molecule has 116 valence electrons. The van der Waals surface area contributed by atoms with E-state index in [1.165, 1.54) is 0 Å². The van der Waals surface area contributed by atoms with Crippen LogP contribution in [-0.2, 0) is 0 Å². The van der Waals surface area contributed by atoms with Crippen LogP contribution >= 0.6 is 11.6 Å². The molecule has 2 aromatic carbocycles. The second-order valence-electron chi connectivity index (χ2n) is 5.69. The highest BCUT2D eigenvalue weighted by Crippen LogP contribution is 2.32. The number of carbonyl (C=O) groups excluding carboxylic acids is 1. The van der Waals surface area contributed by atoms with E-state index in [4.69, 9.17) is 11.6 Å². The molecule has 0 saturated heterocycles. The summed E-state index contributed by atoms with van der Waals surface area (Å²) in [6.45, 7) is 3.85. The Morgan fingerprint density at radius 2 is 1.78 bits per heavy atom. The van der Waals surface area contributed by atoms with Crippen LogP contribution in [0.5, 0.6) is 0 Å². The summed E-state index contributed by atoms with van der Waals surface area (Å²) in [6.07, 6.45) is 0. The molecule has 3 nitrogen and oxygen atoms in total. The fraction of sp³-hybridized carbons (Fsp3) is 0.158. The first-order chi connectivity index (χ1) is 11.1. The third kappa shape index (κ3) is 3.20. The second-order valence-corrected chi connectivity index (χ2v) is 6.09. The zero-order valence-corrected chi connectivity index (χ0v) is 13.8. The summed E-state index contributed by atoms with van der Waals surface area (Å²) in [4.78, 5) is 16.9. The third-order valence-corrected chi connectivity index (χ3v) is 3.85. The molecule has 1 N–H and O–H groups in total. The number of nitrogens with zero attached hydrogens (tertiary/aromatic N) is 1. The van der Waals surface area contributed by atoms with E-state index in [-0.39, 0.29) is 11.9 Å². The van der Waals surface area contributed by atoms with Crippen molar-refractivity contribution in [2.45, 2.75) is 19.9 Å². The Balaban J connectivity index is 2.23. The molecule has 0 aliphatic rings. The lowest BCUT2D eigenvalue weighted by atomic mass is 9.90. The average molecular weight is 324 g/mol. The molecule has 0 spiro atoms. The van der Waals surface area contributed by atoms with Gasteiger partial charge in [0.1, 0.15) is 5.69 Å². The molecule has 0 unspecified atom stereocenters. The molecule has 1 aromatic heterocycles. The maximum atomic E-state index is 12.4. The number of carbonyl (C=O) groups is 1. The maximum absolute atomic E-state index is 12.4. The first-order valence-electron chi connectivity index (χ1n) is 7.52. The van der Waals surface area contributed by atoms with E-state index >= 15 is 0 Å². The number of nitrogens with one attached hydrogen (secondary N) is 1. The van der Waals surface area contributed by atoms with Crippen molar-refractivity contribution in [3.8, 4) is 11.3 Å². The predicted molar refractivity (Wildman–Crippen MR) is 94.8 cm³/mol. The summed E-state index contributed by atoms with van der Waals surface area (Å²) >= 11 is 6.33. The molecule has 0 saturated carbocycles. The normalized spacial score (nSPS) is 11.0. The zero-order valence-electron chi connectivity index (χ0n) is 13.0. The lowest BCUT2D eigenvalue weighted by Gasteiger charge is -2.12. The Kier molecular flexibility index (Phi) is 4.30. The van der Waals surface area contributed by atoms with Crippen molar-refractivity contribution in [3.63, 3.8) is 0 Å². The van der Waals surface area contributed by atoms with Gasteiger partial charge in [-0.25, -0.2) is 4.98 Å². The smallest absolute Gasteiger partial charge is 0.270 e. The highest BCUT2D eigenvalue weighted by atomic mass is 35.5. The van der Waals surface area contributed by atoms with Crippen molar-refractivity contribution < 1.29 is 4.79 Å². The quantitative estimate of drug-likeness (QED) is 0.759. The van der Waals surface area contributed by atoms with Gasteiger partial charge in [0.2, 0.25) is 0 Å². The Labute approximate surface area is 140 Å². The summed E-state index contributed by atoms with van der Waals surface area (Å²) < 4.78 is 0. The van der Waals surface area contributed by atoms with Crippen LogP contribution in [0.25, 0.3) is 22.0 Å². The topological polar surface area (TPSA) is 42.0 Å². The molecule has 4 heteroatoms. The van der Waals surface area contributed by atoms with Crippen LogP contribution in [-0.4, -0.2) is 16.9 Å². The summed E-state index contributed by atoms with van der Waals surface area (Å²) in [5.41, 5.74) is 1.94. The monoisotopic (exact) mass is 323 g/mol. The number of pyridine rings is 1. The molecule has 3 aromatic rings. The summed E-state index contributed by atoms with van der Waals surface area (Å²) in [6, 6.07) is 17.3. The third-order valence-electron chi connectivity index (χ3n) is 3.52. The van der Waals surface area contributed by atoms with Crippen molar-refractivity contribution in [3.05, 3.63) is 65.3 Å². The summed E-state index contributed by atoms with van der Waals surface area (Å²) in [5.74, 6) is -0.181. The molecule has 0 atom stereocenters. The number of aromatic nitrogens is 1. The molecule has 0 aliphatic carbocycles. The van der Waals surface area contributed by atoms with Crippen molar-refractivity contribution in [1.82, 2.24) is 10.3 Å². The Hall–Kier alpha value is -2.39. The first-order valence-corrected chi connectivity index (χ1v) is 7.89. The highest BCUT2D eigenvalue weighted by molar-refractivity contribution is 6.33. The lowest BCUT2D eigenvalue weighted by molar-refractivity contribution is 0.0938. The summed E-state index contributed by atoms with van der Waals surface area (Å²) in [5, 5.41) is 5.44. The van der Waals surface area contributed by atoms with Gasteiger partial charge >= 0.3 is 0 Å². The molecule has 3 rings (SSSR count). The van der Waals surface area contributed by atoms with Crippen molar-refractivity contribution in [1.29, 1.82) is 0 Å². The molecule has 0 fully saturated rings. The minimum Gasteiger partial charge on any atom is -0.349 e. The second kappa shape index (κ2) is 6.39. The minimum absolute atomic E-state index is 0.0551. The number of rotatable bonds is 3. The fourth-order valence-electron chi connectivity index (χ4n) is 2.51. The van der Waals surface area contributed by atoms with Gasteiger partial charge in [-0.3, -0.25) is 4.79 Å². The van der Waals surface area contributed by atoms with Crippen molar-refractivity contribution in [2.24, 2.45) is 0 Å². The first kappa shape index (κ1) is 15.5. The van der Waals surface area contributed by atoms with E-state index in [0.717, 1.165) is 22.0 Å². The standard InChI is InChI=1S/C19H17ClN2O/c1-12(2)21-19(23)17-11-13-7-3-4-8-14(13)18(22-17)15-9-5-6-10-16(15)20/h3-12H,1-2H3,(H,21,23)/i19-1. The zero-order chi connectivity index (χ0) is 16.4. The van der Waals surface area contributed by atoms with Crippen LogP contribution in [0.1, 0.15) is 24.3 Å². The van der Waals surface area contributed by atoms with Gasteiger partial charge in [0.15, 0.2) is 0 Å². The van der Waals surface area contributed by atoms with Gasteiger partial charge in [0.05, 0.1) is 5.69 Å². The number of hydrogen-bond acceptors (Lipinski definition) is 2. The molecule has 0 bridgehead atoms. The number of halogens is 1. The minimum atomic E-state index is -0.181. The van der Waals surface area contributed by atoms with Crippen LogP contribution in [0.3, 0.4) is 0 Å². The van der Waals surface area contributed by atoms with Crippen LogP contribution in [0.15, 0.2) is 54.6 Å². The van der Waals surface area contributed by atoms with Gasteiger partial charge in [0.25, 0.3) is 5.91 Å². The number of hydrogen-bond donors (Lipinski definition) is 1. The predicted octanol–water partition coefficient (Wildman–Crippen LogP) is 4.69. The Bertz CT molecular complexity index is 874. The van der Waals surface area contributed by atoms with E-state index < -0.39 is 0 Å².